The number of aliphatic hydroxyl groups is 1. The molecule has 1 aliphatic rings. The van der Waals surface area contributed by atoms with E-state index in [1.165, 1.54) is 12.0 Å². The summed E-state index contributed by atoms with van der Waals surface area (Å²) in [4.78, 5) is 28.6. The van der Waals surface area contributed by atoms with Crippen LogP contribution in [0.25, 0.3) is 0 Å². The van der Waals surface area contributed by atoms with E-state index in [2.05, 4.69) is 0 Å². The van der Waals surface area contributed by atoms with Crippen molar-refractivity contribution in [3.05, 3.63) is 136 Å². The predicted molar refractivity (Wildman–Crippen MR) is 146 cm³/mol. The van der Waals surface area contributed by atoms with Crippen molar-refractivity contribution in [1.29, 1.82) is 0 Å². The molecule has 6 nitrogen and oxygen atoms in total. The topological polar surface area (TPSA) is 76.1 Å². The van der Waals surface area contributed by atoms with E-state index < -0.39 is 23.5 Å². The molecule has 1 unspecified atom stereocenters. The molecule has 0 aliphatic carbocycles. The van der Waals surface area contributed by atoms with Gasteiger partial charge >= 0.3 is 0 Å². The summed E-state index contributed by atoms with van der Waals surface area (Å²) >= 11 is 6.10. The summed E-state index contributed by atoms with van der Waals surface area (Å²) < 4.78 is 11.4. The lowest BCUT2D eigenvalue weighted by Gasteiger charge is -2.27. The van der Waals surface area contributed by atoms with Crippen LogP contribution in [0.4, 0.5) is 5.69 Å². The third-order valence-electron chi connectivity index (χ3n) is 6.34. The normalized spacial score (nSPS) is 15.1. The highest BCUT2D eigenvalue weighted by Gasteiger charge is 2.44. The van der Waals surface area contributed by atoms with Gasteiger partial charge in [-0.2, -0.15) is 0 Å². The fraction of sp³-hybridized carbons (Fsp3) is 0.0968. The standard InChI is InChI=1S/C31H24ClNO5/c1-37-26-18-22(14-17-25(26)38-19-20-8-4-2-5-9-20)29(34)27-28(21-12-15-23(32)16-13-21)33(31(36)30(27)35)24-10-6-3-7-11-24/h2-18,28,35H,19H2,1H3. The largest absolute Gasteiger partial charge is 0.503 e. The molecule has 7 heteroatoms. The fourth-order valence-electron chi connectivity index (χ4n) is 4.47. The molecule has 190 valence electrons. The molecule has 0 saturated carbocycles. The van der Waals surface area contributed by atoms with Gasteiger partial charge in [-0.15, -0.1) is 0 Å². The zero-order valence-corrected chi connectivity index (χ0v) is 21.3. The Labute approximate surface area is 225 Å². The summed E-state index contributed by atoms with van der Waals surface area (Å²) in [5.74, 6) is -0.925. The Hall–Kier alpha value is -4.55. The molecule has 1 amide bonds. The molecule has 0 spiro atoms. The van der Waals surface area contributed by atoms with Crippen molar-refractivity contribution in [3.63, 3.8) is 0 Å². The zero-order chi connectivity index (χ0) is 26.6. The number of carbonyl (C=O) groups excluding carboxylic acids is 2. The summed E-state index contributed by atoms with van der Waals surface area (Å²) in [7, 11) is 1.49. The van der Waals surface area contributed by atoms with Crippen LogP contribution in [0.15, 0.2) is 114 Å². The maximum Gasteiger partial charge on any atom is 0.294 e. The van der Waals surface area contributed by atoms with Crippen molar-refractivity contribution in [2.24, 2.45) is 0 Å². The molecule has 0 bridgehead atoms. The number of benzene rings is 4. The van der Waals surface area contributed by atoms with Crippen LogP contribution >= 0.6 is 11.6 Å². The number of ketones is 1. The minimum Gasteiger partial charge on any atom is -0.503 e. The van der Waals surface area contributed by atoms with Crippen LogP contribution in [0.2, 0.25) is 5.02 Å². The minimum absolute atomic E-state index is 0.0267. The van der Waals surface area contributed by atoms with E-state index in [0.29, 0.717) is 34.4 Å². The van der Waals surface area contributed by atoms with Gasteiger partial charge in [0.2, 0.25) is 0 Å². The van der Waals surface area contributed by atoms with E-state index in [-0.39, 0.29) is 11.1 Å². The van der Waals surface area contributed by atoms with E-state index in [4.69, 9.17) is 21.1 Å². The van der Waals surface area contributed by atoms with Crippen LogP contribution in [0, 0.1) is 0 Å². The van der Waals surface area contributed by atoms with Gasteiger partial charge in [0, 0.05) is 16.3 Å². The minimum atomic E-state index is -0.852. The summed E-state index contributed by atoms with van der Waals surface area (Å²) in [6, 6.07) is 29.4. The highest BCUT2D eigenvalue weighted by atomic mass is 35.5. The predicted octanol–water partition coefficient (Wildman–Crippen LogP) is 6.71. The monoisotopic (exact) mass is 525 g/mol. The molecule has 4 aromatic rings. The first-order valence-electron chi connectivity index (χ1n) is 11.9. The summed E-state index contributed by atoms with van der Waals surface area (Å²) in [6.45, 7) is 0.329. The Morgan fingerprint density at radius 3 is 2.21 bits per heavy atom. The van der Waals surface area contributed by atoms with Gasteiger partial charge in [-0.3, -0.25) is 14.5 Å². The first kappa shape index (κ1) is 25.1. The summed E-state index contributed by atoms with van der Waals surface area (Å²) in [5, 5.41) is 11.5. The molecule has 0 aromatic heterocycles. The Morgan fingerprint density at radius 2 is 1.55 bits per heavy atom. The molecule has 1 atom stereocenters. The molecule has 5 rings (SSSR count). The molecule has 0 saturated heterocycles. The smallest absolute Gasteiger partial charge is 0.294 e. The van der Waals surface area contributed by atoms with Crippen LogP contribution in [-0.4, -0.2) is 23.9 Å². The first-order valence-corrected chi connectivity index (χ1v) is 12.3. The molecule has 1 aliphatic heterocycles. The first-order chi connectivity index (χ1) is 18.5. The molecule has 1 heterocycles. The van der Waals surface area contributed by atoms with Crippen molar-refractivity contribution in [2.45, 2.75) is 12.6 Å². The number of nitrogens with zero attached hydrogens (tertiary/aromatic N) is 1. The fourth-order valence-corrected chi connectivity index (χ4v) is 4.60. The van der Waals surface area contributed by atoms with Crippen LogP contribution in [0.1, 0.15) is 27.5 Å². The van der Waals surface area contributed by atoms with Crippen molar-refractivity contribution in [2.75, 3.05) is 12.0 Å². The molecule has 0 fully saturated rings. The van der Waals surface area contributed by atoms with Crippen LogP contribution in [-0.2, 0) is 11.4 Å². The van der Waals surface area contributed by atoms with Gasteiger partial charge in [-0.1, -0.05) is 72.3 Å². The molecule has 1 N–H and O–H groups in total. The van der Waals surface area contributed by atoms with Gasteiger partial charge in [0.15, 0.2) is 23.0 Å². The highest BCUT2D eigenvalue weighted by Crippen LogP contribution is 2.42. The number of methoxy groups -OCH3 is 1. The van der Waals surface area contributed by atoms with E-state index in [9.17, 15) is 14.7 Å². The van der Waals surface area contributed by atoms with E-state index >= 15 is 0 Å². The number of hydrogen-bond acceptors (Lipinski definition) is 5. The lowest BCUT2D eigenvalue weighted by atomic mass is 9.92. The lowest BCUT2D eigenvalue weighted by Crippen LogP contribution is -2.31. The maximum absolute atomic E-state index is 13.9. The zero-order valence-electron chi connectivity index (χ0n) is 20.5. The van der Waals surface area contributed by atoms with Crippen molar-refractivity contribution >= 4 is 29.0 Å². The van der Waals surface area contributed by atoms with Gasteiger partial charge in [0.25, 0.3) is 5.91 Å². The molecule has 4 aromatic carbocycles. The van der Waals surface area contributed by atoms with Gasteiger partial charge in [-0.25, -0.2) is 0 Å². The average Bonchev–Trinajstić information content (AvgIpc) is 3.22. The van der Waals surface area contributed by atoms with E-state index in [1.807, 2.05) is 36.4 Å². The quantitative estimate of drug-likeness (QED) is 0.259. The van der Waals surface area contributed by atoms with Crippen LogP contribution in [0.5, 0.6) is 11.5 Å². The number of rotatable bonds is 8. The van der Waals surface area contributed by atoms with Crippen molar-refractivity contribution in [3.8, 4) is 11.5 Å². The number of hydrogen-bond donors (Lipinski definition) is 1. The molecular weight excluding hydrogens is 502 g/mol. The second-order valence-corrected chi connectivity index (χ2v) is 9.13. The van der Waals surface area contributed by atoms with Gasteiger partial charge < -0.3 is 14.6 Å². The Morgan fingerprint density at radius 1 is 0.895 bits per heavy atom. The van der Waals surface area contributed by atoms with Gasteiger partial charge in [0.05, 0.1) is 18.7 Å². The van der Waals surface area contributed by atoms with Crippen molar-refractivity contribution < 1.29 is 24.2 Å². The van der Waals surface area contributed by atoms with Crippen LogP contribution < -0.4 is 14.4 Å². The molecular formula is C31H24ClNO5. The summed E-state index contributed by atoms with van der Waals surface area (Å²) in [6.07, 6.45) is 0. The number of Topliss-reactive ketones (excluding diaryl/α,β-unsaturated/α-hetero) is 1. The van der Waals surface area contributed by atoms with Crippen molar-refractivity contribution in [1.82, 2.24) is 0 Å². The molecule has 38 heavy (non-hydrogen) atoms. The summed E-state index contributed by atoms with van der Waals surface area (Å²) in [5.41, 5.74) is 2.39. The Balaban J connectivity index is 1.51. The van der Waals surface area contributed by atoms with Gasteiger partial charge in [0.1, 0.15) is 6.61 Å². The number of para-hydroxylation sites is 1. The lowest BCUT2D eigenvalue weighted by molar-refractivity contribution is -0.117. The van der Waals surface area contributed by atoms with E-state index in [1.54, 1.807) is 66.7 Å². The Kier molecular flexibility index (Phi) is 7.15. The number of carbonyl (C=O) groups is 2. The maximum atomic E-state index is 13.9. The van der Waals surface area contributed by atoms with Crippen LogP contribution in [0.3, 0.4) is 0 Å². The third kappa shape index (κ3) is 4.86. The number of ether oxygens (including phenoxy) is 2. The van der Waals surface area contributed by atoms with Gasteiger partial charge in [-0.05, 0) is 53.6 Å². The second-order valence-electron chi connectivity index (χ2n) is 8.70. The highest BCUT2D eigenvalue weighted by molar-refractivity contribution is 6.30. The SMILES string of the molecule is COc1cc(C(=O)C2=C(O)C(=O)N(c3ccccc3)C2c2ccc(Cl)cc2)ccc1OCc1ccccc1. The second kappa shape index (κ2) is 10.8. The number of halogens is 1. The number of amides is 1. The average molecular weight is 526 g/mol. The Bertz CT molecular complexity index is 1500. The molecule has 0 radical (unpaired) electrons. The third-order valence-corrected chi connectivity index (χ3v) is 6.59. The number of anilines is 1. The number of aliphatic hydroxyl groups excluding tert-OH is 1. The van der Waals surface area contributed by atoms with E-state index in [0.717, 1.165) is 5.56 Å².